The summed E-state index contributed by atoms with van der Waals surface area (Å²) in [6.45, 7) is -0.0924. The van der Waals surface area contributed by atoms with Crippen LogP contribution in [0.3, 0.4) is 0 Å². The number of nitrogens with one attached hydrogen (secondary N) is 1. The van der Waals surface area contributed by atoms with E-state index in [-0.39, 0.29) is 24.8 Å². The summed E-state index contributed by atoms with van der Waals surface area (Å²) in [5.74, 6) is -0.143. The maximum atomic E-state index is 12.8. The van der Waals surface area contributed by atoms with Crippen molar-refractivity contribution in [2.75, 3.05) is 11.9 Å². The summed E-state index contributed by atoms with van der Waals surface area (Å²) in [7, 11) is 0. The molecule has 0 aliphatic carbocycles. The lowest BCUT2D eigenvalue weighted by Crippen LogP contribution is -2.15. The number of hydrogen-bond donors (Lipinski definition) is 1. The number of nitriles is 1. The van der Waals surface area contributed by atoms with Gasteiger partial charge in [-0.2, -0.15) is 5.26 Å². The van der Waals surface area contributed by atoms with Gasteiger partial charge in [0, 0.05) is 0 Å². The molecule has 2 rings (SSSR count). The molecule has 0 saturated carbocycles. The van der Waals surface area contributed by atoms with Crippen LogP contribution in [-0.2, 0) is 11.2 Å². The van der Waals surface area contributed by atoms with Crippen LogP contribution in [0.25, 0.3) is 0 Å². The van der Waals surface area contributed by atoms with E-state index in [2.05, 4.69) is 5.32 Å². The van der Waals surface area contributed by atoms with E-state index in [9.17, 15) is 9.18 Å². The summed E-state index contributed by atoms with van der Waals surface area (Å²) in [5, 5.41) is 11.2. The molecule has 5 heteroatoms. The standard InChI is InChI=1S/C16H13FN2O2/c17-13-7-5-12(6-8-13)11-16(20)19-14-3-1-2-4-15(14)21-10-9-18/h1-8H,10-11H2,(H,19,20). The molecule has 1 N–H and O–H groups in total. The highest BCUT2D eigenvalue weighted by Crippen LogP contribution is 2.23. The molecular formula is C16H13FN2O2. The first kappa shape index (κ1) is 14.5. The second-order valence-electron chi connectivity index (χ2n) is 4.29. The molecule has 0 spiro atoms. The molecule has 0 aliphatic heterocycles. The average molecular weight is 284 g/mol. The van der Waals surface area contributed by atoms with E-state index in [1.54, 1.807) is 36.4 Å². The highest BCUT2D eigenvalue weighted by Gasteiger charge is 2.08. The van der Waals surface area contributed by atoms with E-state index >= 15 is 0 Å². The number of hydrogen-bond acceptors (Lipinski definition) is 3. The Hall–Kier alpha value is -2.87. The van der Waals surface area contributed by atoms with Crippen LogP contribution >= 0.6 is 0 Å². The average Bonchev–Trinajstić information content (AvgIpc) is 2.49. The number of carbonyl (C=O) groups excluding carboxylic acids is 1. The zero-order valence-electron chi connectivity index (χ0n) is 11.2. The normalized spacial score (nSPS) is 9.71. The fraction of sp³-hybridized carbons (Fsp3) is 0.125. The highest BCUT2D eigenvalue weighted by atomic mass is 19.1. The lowest BCUT2D eigenvalue weighted by molar-refractivity contribution is -0.115. The summed E-state index contributed by atoms with van der Waals surface area (Å²) in [6, 6.07) is 14.5. The number of nitrogens with zero attached hydrogens (tertiary/aromatic N) is 1. The zero-order valence-corrected chi connectivity index (χ0v) is 11.2. The molecule has 1 amide bonds. The van der Waals surface area contributed by atoms with Crippen molar-refractivity contribution >= 4 is 11.6 Å². The number of ether oxygens (including phenoxy) is 1. The Morgan fingerprint density at radius 1 is 1.19 bits per heavy atom. The molecule has 0 unspecified atom stereocenters. The largest absolute Gasteiger partial charge is 0.477 e. The second kappa shape index (κ2) is 7.06. The van der Waals surface area contributed by atoms with Gasteiger partial charge in [0.05, 0.1) is 12.1 Å². The SMILES string of the molecule is N#CCOc1ccccc1NC(=O)Cc1ccc(F)cc1. The number of amides is 1. The lowest BCUT2D eigenvalue weighted by atomic mass is 10.1. The lowest BCUT2D eigenvalue weighted by Gasteiger charge is -2.10. The maximum Gasteiger partial charge on any atom is 0.228 e. The molecular weight excluding hydrogens is 271 g/mol. The molecule has 2 aromatic carbocycles. The van der Waals surface area contributed by atoms with Crippen LogP contribution in [0, 0.1) is 17.1 Å². The third kappa shape index (κ3) is 4.32. The molecule has 0 fully saturated rings. The van der Waals surface area contributed by atoms with Crippen LogP contribution in [-0.4, -0.2) is 12.5 Å². The molecule has 2 aromatic rings. The predicted molar refractivity (Wildman–Crippen MR) is 76.3 cm³/mol. The molecule has 0 heterocycles. The Morgan fingerprint density at radius 2 is 1.90 bits per heavy atom. The van der Waals surface area contributed by atoms with Gasteiger partial charge in [-0.05, 0) is 29.8 Å². The summed E-state index contributed by atoms with van der Waals surface area (Å²) >= 11 is 0. The first-order valence-electron chi connectivity index (χ1n) is 6.32. The Bertz CT molecular complexity index is 663. The Labute approximate surface area is 121 Å². The van der Waals surface area contributed by atoms with E-state index in [1.165, 1.54) is 12.1 Å². The summed E-state index contributed by atoms with van der Waals surface area (Å²) < 4.78 is 18.0. The topological polar surface area (TPSA) is 62.1 Å². The van der Waals surface area contributed by atoms with Gasteiger partial charge in [0.1, 0.15) is 17.6 Å². The van der Waals surface area contributed by atoms with Crippen molar-refractivity contribution in [2.45, 2.75) is 6.42 Å². The van der Waals surface area contributed by atoms with Crippen LogP contribution in [0.4, 0.5) is 10.1 Å². The van der Waals surface area contributed by atoms with Crippen molar-refractivity contribution in [1.29, 1.82) is 5.26 Å². The number of halogens is 1. The molecule has 106 valence electrons. The van der Waals surface area contributed by atoms with E-state index in [1.807, 2.05) is 6.07 Å². The van der Waals surface area contributed by atoms with Crippen molar-refractivity contribution in [2.24, 2.45) is 0 Å². The van der Waals surface area contributed by atoms with Gasteiger partial charge in [0.25, 0.3) is 0 Å². The molecule has 4 nitrogen and oxygen atoms in total. The van der Waals surface area contributed by atoms with Crippen molar-refractivity contribution in [1.82, 2.24) is 0 Å². The first-order valence-corrected chi connectivity index (χ1v) is 6.32. The minimum atomic E-state index is -0.339. The summed E-state index contributed by atoms with van der Waals surface area (Å²) in [6.07, 6.45) is 0.132. The van der Waals surface area contributed by atoms with Crippen molar-refractivity contribution in [3.63, 3.8) is 0 Å². The number of benzene rings is 2. The van der Waals surface area contributed by atoms with Crippen LogP contribution in [0.5, 0.6) is 5.75 Å². The number of carbonyl (C=O) groups is 1. The van der Waals surface area contributed by atoms with E-state index in [0.717, 1.165) is 0 Å². The number of anilines is 1. The summed E-state index contributed by atoms with van der Waals surface area (Å²) in [4.78, 5) is 12.0. The smallest absolute Gasteiger partial charge is 0.228 e. The quantitative estimate of drug-likeness (QED) is 0.918. The highest BCUT2D eigenvalue weighted by molar-refractivity contribution is 5.93. The Kier molecular flexibility index (Phi) is 4.89. The van der Waals surface area contributed by atoms with Gasteiger partial charge in [-0.25, -0.2) is 4.39 Å². The summed E-state index contributed by atoms with van der Waals surface area (Å²) in [5.41, 5.74) is 1.21. The van der Waals surface area contributed by atoms with Gasteiger partial charge in [-0.15, -0.1) is 0 Å². The van der Waals surface area contributed by atoms with Gasteiger partial charge in [0.15, 0.2) is 6.61 Å². The second-order valence-corrected chi connectivity index (χ2v) is 4.29. The van der Waals surface area contributed by atoms with Gasteiger partial charge in [-0.3, -0.25) is 4.79 Å². The van der Waals surface area contributed by atoms with Crippen LogP contribution in [0.15, 0.2) is 48.5 Å². The van der Waals surface area contributed by atoms with Crippen molar-refractivity contribution in [3.05, 3.63) is 59.9 Å². The molecule has 0 bridgehead atoms. The molecule has 0 radical (unpaired) electrons. The molecule has 0 atom stereocenters. The molecule has 21 heavy (non-hydrogen) atoms. The van der Waals surface area contributed by atoms with Gasteiger partial charge < -0.3 is 10.1 Å². The molecule has 0 aromatic heterocycles. The predicted octanol–water partition coefficient (Wildman–Crippen LogP) is 2.91. The third-order valence-electron chi connectivity index (χ3n) is 2.73. The third-order valence-corrected chi connectivity index (χ3v) is 2.73. The fourth-order valence-electron chi connectivity index (χ4n) is 1.79. The monoisotopic (exact) mass is 284 g/mol. The van der Waals surface area contributed by atoms with E-state index < -0.39 is 0 Å². The van der Waals surface area contributed by atoms with Crippen LogP contribution in [0.2, 0.25) is 0 Å². The van der Waals surface area contributed by atoms with Crippen molar-refractivity contribution < 1.29 is 13.9 Å². The number of rotatable bonds is 5. The zero-order chi connectivity index (χ0) is 15.1. The van der Waals surface area contributed by atoms with Crippen molar-refractivity contribution in [3.8, 4) is 11.8 Å². The minimum absolute atomic E-state index is 0.0924. The molecule has 0 saturated heterocycles. The minimum Gasteiger partial charge on any atom is -0.477 e. The first-order chi connectivity index (χ1) is 10.2. The number of para-hydroxylation sites is 2. The fourth-order valence-corrected chi connectivity index (χ4v) is 1.79. The van der Waals surface area contributed by atoms with Gasteiger partial charge in [0.2, 0.25) is 5.91 Å². The Morgan fingerprint density at radius 3 is 2.62 bits per heavy atom. The van der Waals surface area contributed by atoms with E-state index in [4.69, 9.17) is 10.00 Å². The molecule has 0 aliphatic rings. The Balaban J connectivity index is 2.02. The maximum absolute atomic E-state index is 12.8. The van der Waals surface area contributed by atoms with E-state index in [0.29, 0.717) is 17.0 Å². The van der Waals surface area contributed by atoms with Crippen LogP contribution < -0.4 is 10.1 Å². The van der Waals surface area contributed by atoms with Crippen LogP contribution in [0.1, 0.15) is 5.56 Å². The van der Waals surface area contributed by atoms with Gasteiger partial charge >= 0.3 is 0 Å². The van der Waals surface area contributed by atoms with Gasteiger partial charge in [-0.1, -0.05) is 24.3 Å².